The second-order valence-corrected chi connectivity index (χ2v) is 5.08. The highest BCUT2D eigenvalue weighted by Gasteiger charge is 2.48. The van der Waals surface area contributed by atoms with Crippen LogP contribution in [0.3, 0.4) is 0 Å². The highest BCUT2D eigenvalue weighted by Crippen LogP contribution is 2.26. The van der Waals surface area contributed by atoms with E-state index in [0.29, 0.717) is 0 Å². The molecule has 0 aliphatic carbocycles. The standard InChI is InChI=1S/C11H20O10/c12-1-4-6(15)7(16)8(17)11(20-4)21-9-5(14)3(13)2-19-10(9)18/h3-18H,1-2H2/t3-,4-,5-,6-,7-,8+,9+,10-,11-/m1/s1. The number of ether oxygens (including phenoxy) is 3. The van der Waals surface area contributed by atoms with Gasteiger partial charge in [-0.15, -0.1) is 0 Å². The average molecular weight is 312 g/mol. The average Bonchev–Trinajstić information content (AvgIpc) is 2.47. The Kier molecular flexibility index (Phi) is 5.48. The van der Waals surface area contributed by atoms with Gasteiger partial charge in [0.05, 0.1) is 13.2 Å². The van der Waals surface area contributed by atoms with Crippen molar-refractivity contribution >= 4 is 0 Å². The monoisotopic (exact) mass is 312 g/mol. The minimum absolute atomic E-state index is 0.295. The van der Waals surface area contributed by atoms with Crippen LogP contribution in [0.4, 0.5) is 0 Å². The Hall–Kier alpha value is -0.400. The predicted octanol–water partition coefficient (Wildman–Crippen LogP) is -4.76. The molecule has 0 aromatic rings. The minimum atomic E-state index is -1.68. The van der Waals surface area contributed by atoms with Gasteiger partial charge in [0.25, 0.3) is 0 Å². The molecule has 0 radical (unpaired) electrons. The maximum absolute atomic E-state index is 9.78. The summed E-state index contributed by atoms with van der Waals surface area (Å²) in [7, 11) is 0. The Labute approximate surface area is 119 Å². The molecule has 10 heteroatoms. The van der Waals surface area contributed by atoms with Gasteiger partial charge in [0, 0.05) is 0 Å². The van der Waals surface area contributed by atoms with Crippen LogP contribution in [0, 0.1) is 0 Å². The summed E-state index contributed by atoms with van der Waals surface area (Å²) < 4.78 is 15.0. The van der Waals surface area contributed by atoms with Crippen LogP contribution in [0.2, 0.25) is 0 Å². The molecule has 2 rings (SSSR count). The van der Waals surface area contributed by atoms with Gasteiger partial charge >= 0.3 is 0 Å². The molecule has 10 nitrogen and oxygen atoms in total. The third-order valence-corrected chi connectivity index (χ3v) is 3.59. The molecule has 2 saturated heterocycles. The lowest BCUT2D eigenvalue weighted by molar-refractivity contribution is -0.352. The van der Waals surface area contributed by atoms with Crippen molar-refractivity contribution < 1.29 is 50.0 Å². The molecule has 0 spiro atoms. The van der Waals surface area contributed by atoms with E-state index in [1.165, 1.54) is 0 Å². The number of hydrogen-bond acceptors (Lipinski definition) is 10. The van der Waals surface area contributed by atoms with E-state index in [4.69, 9.17) is 19.3 Å². The van der Waals surface area contributed by atoms with Gasteiger partial charge in [0.15, 0.2) is 12.6 Å². The number of aliphatic hydroxyl groups excluding tert-OH is 7. The maximum Gasteiger partial charge on any atom is 0.187 e. The highest BCUT2D eigenvalue weighted by atomic mass is 16.7. The molecule has 0 aromatic carbocycles. The molecular formula is C11H20O10. The van der Waals surface area contributed by atoms with Crippen LogP contribution in [0.15, 0.2) is 0 Å². The number of aliphatic hydroxyl groups is 7. The van der Waals surface area contributed by atoms with Crippen molar-refractivity contribution in [3.8, 4) is 0 Å². The van der Waals surface area contributed by atoms with Gasteiger partial charge in [-0.2, -0.15) is 0 Å². The molecule has 7 N–H and O–H groups in total. The van der Waals surface area contributed by atoms with E-state index < -0.39 is 61.9 Å². The summed E-state index contributed by atoms with van der Waals surface area (Å²) in [5.41, 5.74) is 0. The Bertz CT molecular complexity index is 339. The van der Waals surface area contributed by atoms with Crippen molar-refractivity contribution in [1.82, 2.24) is 0 Å². The molecule has 0 aromatic heterocycles. The molecule has 2 aliphatic heterocycles. The van der Waals surface area contributed by atoms with Crippen LogP contribution in [0.25, 0.3) is 0 Å². The van der Waals surface area contributed by atoms with Crippen LogP contribution < -0.4 is 0 Å². The fourth-order valence-corrected chi connectivity index (χ4v) is 2.26. The molecule has 0 amide bonds. The lowest BCUT2D eigenvalue weighted by atomic mass is 9.99. The smallest absolute Gasteiger partial charge is 0.187 e. The van der Waals surface area contributed by atoms with Crippen LogP contribution >= 0.6 is 0 Å². The summed E-state index contributed by atoms with van der Waals surface area (Å²) in [6.07, 6.45) is -13.4. The van der Waals surface area contributed by atoms with Gasteiger partial charge in [-0.1, -0.05) is 0 Å². The van der Waals surface area contributed by atoms with Crippen molar-refractivity contribution in [2.75, 3.05) is 13.2 Å². The first kappa shape index (κ1) is 17.0. The van der Waals surface area contributed by atoms with Crippen molar-refractivity contribution in [2.24, 2.45) is 0 Å². The van der Waals surface area contributed by atoms with Crippen molar-refractivity contribution in [2.45, 2.75) is 55.3 Å². The van der Waals surface area contributed by atoms with Gasteiger partial charge in [0.2, 0.25) is 0 Å². The molecular weight excluding hydrogens is 292 g/mol. The lowest BCUT2D eigenvalue weighted by Crippen LogP contribution is -2.62. The summed E-state index contributed by atoms with van der Waals surface area (Å²) >= 11 is 0. The van der Waals surface area contributed by atoms with E-state index in [1.54, 1.807) is 0 Å². The maximum atomic E-state index is 9.78. The zero-order valence-electron chi connectivity index (χ0n) is 11.0. The Balaban J connectivity index is 2.06. The molecule has 0 unspecified atom stereocenters. The third kappa shape index (κ3) is 3.35. The summed E-state index contributed by atoms with van der Waals surface area (Å²) in [5.74, 6) is 0. The van der Waals surface area contributed by atoms with Gasteiger partial charge < -0.3 is 50.0 Å². The molecule has 2 heterocycles. The molecule has 0 bridgehead atoms. The minimum Gasteiger partial charge on any atom is -0.394 e. The normalized spacial score (nSPS) is 51.9. The molecule has 2 fully saturated rings. The Morgan fingerprint density at radius 2 is 1.57 bits per heavy atom. The van der Waals surface area contributed by atoms with E-state index in [9.17, 15) is 30.6 Å². The van der Waals surface area contributed by atoms with E-state index in [0.717, 1.165) is 0 Å². The first-order valence-corrected chi connectivity index (χ1v) is 6.48. The first-order chi connectivity index (χ1) is 9.86. The van der Waals surface area contributed by atoms with Gasteiger partial charge in [-0.25, -0.2) is 0 Å². The molecule has 2 aliphatic rings. The molecule has 21 heavy (non-hydrogen) atoms. The largest absolute Gasteiger partial charge is 0.394 e. The lowest BCUT2D eigenvalue weighted by Gasteiger charge is -2.43. The molecule has 124 valence electrons. The van der Waals surface area contributed by atoms with E-state index in [1.807, 2.05) is 0 Å². The van der Waals surface area contributed by atoms with Gasteiger partial charge in [-0.3, -0.25) is 0 Å². The van der Waals surface area contributed by atoms with Crippen LogP contribution in [0.5, 0.6) is 0 Å². The Morgan fingerprint density at radius 3 is 2.19 bits per heavy atom. The topological polar surface area (TPSA) is 169 Å². The number of hydrogen-bond donors (Lipinski definition) is 7. The highest BCUT2D eigenvalue weighted by molar-refractivity contribution is 4.91. The zero-order valence-corrected chi connectivity index (χ0v) is 11.0. The van der Waals surface area contributed by atoms with E-state index >= 15 is 0 Å². The second kappa shape index (κ2) is 6.79. The summed E-state index contributed by atoms with van der Waals surface area (Å²) in [5, 5.41) is 66.8. The molecule has 9 atom stereocenters. The number of rotatable bonds is 3. The van der Waals surface area contributed by atoms with Crippen molar-refractivity contribution in [3.05, 3.63) is 0 Å². The zero-order chi connectivity index (χ0) is 15.7. The van der Waals surface area contributed by atoms with Crippen molar-refractivity contribution in [3.63, 3.8) is 0 Å². The second-order valence-electron chi connectivity index (χ2n) is 5.08. The Morgan fingerprint density at radius 1 is 0.905 bits per heavy atom. The van der Waals surface area contributed by atoms with Crippen molar-refractivity contribution in [1.29, 1.82) is 0 Å². The summed E-state index contributed by atoms with van der Waals surface area (Å²) in [6.45, 7) is -0.934. The summed E-state index contributed by atoms with van der Waals surface area (Å²) in [4.78, 5) is 0. The first-order valence-electron chi connectivity index (χ1n) is 6.48. The quantitative estimate of drug-likeness (QED) is 0.268. The fraction of sp³-hybridized carbons (Fsp3) is 1.00. The van der Waals surface area contributed by atoms with Gasteiger partial charge in [0.1, 0.15) is 42.7 Å². The molecule has 0 saturated carbocycles. The van der Waals surface area contributed by atoms with E-state index in [-0.39, 0.29) is 6.61 Å². The third-order valence-electron chi connectivity index (χ3n) is 3.59. The van der Waals surface area contributed by atoms with Crippen LogP contribution in [-0.2, 0) is 14.2 Å². The predicted molar refractivity (Wildman–Crippen MR) is 62.6 cm³/mol. The van der Waals surface area contributed by atoms with Crippen LogP contribution in [0.1, 0.15) is 0 Å². The van der Waals surface area contributed by atoms with Crippen LogP contribution in [-0.4, -0.2) is 104 Å². The SMILES string of the molecule is OC[C@H]1O[C@H](O[C@H]2[C@H](O)[C@H](O)CO[C@H]2O)[C@@H](O)[C@H](O)[C@@H]1O. The summed E-state index contributed by atoms with van der Waals surface area (Å²) in [6, 6.07) is 0. The van der Waals surface area contributed by atoms with E-state index in [2.05, 4.69) is 0 Å². The fourth-order valence-electron chi connectivity index (χ4n) is 2.26. The van der Waals surface area contributed by atoms with Gasteiger partial charge in [-0.05, 0) is 0 Å².